The molecule has 0 aliphatic carbocycles. The van der Waals surface area contributed by atoms with Crippen molar-refractivity contribution >= 4 is 11.7 Å². The molecule has 0 bridgehead atoms. The Labute approximate surface area is 136 Å². The topological polar surface area (TPSA) is 70.6 Å². The molecular weight excluding hydrogens is 292 g/mol. The van der Waals surface area contributed by atoms with E-state index in [1.54, 1.807) is 25.3 Å². The Balaban J connectivity index is 1.83. The van der Waals surface area contributed by atoms with Crippen molar-refractivity contribution in [2.45, 2.75) is 19.4 Å². The quantitative estimate of drug-likeness (QED) is 0.764. The van der Waals surface area contributed by atoms with Gasteiger partial charge in [0.2, 0.25) is 0 Å². The predicted octanol–water partition coefficient (Wildman–Crippen LogP) is 3.46. The van der Waals surface area contributed by atoms with Crippen LogP contribution in [0.5, 0.6) is 5.75 Å². The summed E-state index contributed by atoms with van der Waals surface area (Å²) >= 11 is 0. The number of carbonyl (C=O) groups excluding carboxylic acids is 1. The van der Waals surface area contributed by atoms with Crippen LogP contribution in [-0.2, 0) is 11.2 Å². The number of amides is 2. The van der Waals surface area contributed by atoms with Gasteiger partial charge in [-0.2, -0.15) is 0 Å². The highest BCUT2D eigenvalue weighted by Crippen LogP contribution is 2.19. The fraction of sp³-hybridized carbons (Fsp3) is 0.278. The zero-order valence-electron chi connectivity index (χ0n) is 13.4. The first-order valence-corrected chi connectivity index (χ1v) is 7.54. The Morgan fingerprint density at radius 3 is 2.74 bits per heavy atom. The maximum atomic E-state index is 11.9. The molecule has 2 rings (SSSR count). The number of phenolic OH excluding ortho intramolecular Hbond substituents is 1. The van der Waals surface area contributed by atoms with E-state index in [0.29, 0.717) is 13.0 Å². The lowest BCUT2D eigenvalue weighted by Crippen LogP contribution is -2.30. The van der Waals surface area contributed by atoms with Gasteiger partial charge in [0.1, 0.15) is 5.75 Å². The molecule has 0 heterocycles. The van der Waals surface area contributed by atoms with Crippen molar-refractivity contribution in [3.8, 4) is 5.75 Å². The number of carbonyl (C=O) groups is 1. The summed E-state index contributed by atoms with van der Waals surface area (Å²) in [5.41, 5.74) is 2.70. The number of benzene rings is 2. The molecule has 122 valence electrons. The number of nitrogens with one attached hydrogen (secondary N) is 2. The monoisotopic (exact) mass is 314 g/mol. The number of rotatable bonds is 6. The molecule has 0 fully saturated rings. The first kappa shape index (κ1) is 16.8. The zero-order chi connectivity index (χ0) is 16.7. The molecule has 0 aliphatic rings. The summed E-state index contributed by atoms with van der Waals surface area (Å²) < 4.78 is 5.27. The van der Waals surface area contributed by atoms with E-state index >= 15 is 0 Å². The molecule has 2 aromatic carbocycles. The maximum absolute atomic E-state index is 11.9. The lowest BCUT2D eigenvalue weighted by atomic mass is 10.1. The number of anilines is 1. The van der Waals surface area contributed by atoms with Crippen molar-refractivity contribution in [3.63, 3.8) is 0 Å². The Morgan fingerprint density at radius 2 is 2.00 bits per heavy atom. The summed E-state index contributed by atoms with van der Waals surface area (Å²) in [6.45, 7) is 2.44. The summed E-state index contributed by atoms with van der Waals surface area (Å²) in [6.07, 6.45) is 0.633. The smallest absolute Gasteiger partial charge is 0.319 e. The lowest BCUT2D eigenvalue weighted by molar-refractivity contribution is 0.119. The van der Waals surface area contributed by atoms with Gasteiger partial charge in [-0.25, -0.2) is 4.79 Å². The first-order chi connectivity index (χ1) is 11.1. The number of phenols is 1. The van der Waals surface area contributed by atoms with Crippen molar-refractivity contribution in [1.29, 1.82) is 0 Å². The summed E-state index contributed by atoms with van der Waals surface area (Å²) in [6, 6.07) is 14.3. The molecule has 0 spiro atoms. The van der Waals surface area contributed by atoms with Crippen molar-refractivity contribution in [2.75, 3.05) is 19.0 Å². The standard InChI is InChI=1S/C18H22N2O3/c1-13(23-2)15-6-4-7-16(12-15)20-18(22)19-10-9-14-5-3-8-17(21)11-14/h3-8,11-13,21H,9-10H2,1-2H3,(H2,19,20,22). The zero-order valence-corrected chi connectivity index (χ0v) is 13.4. The van der Waals surface area contributed by atoms with E-state index in [9.17, 15) is 9.90 Å². The largest absolute Gasteiger partial charge is 0.508 e. The van der Waals surface area contributed by atoms with E-state index in [1.807, 2.05) is 37.3 Å². The molecule has 0 radical (unpaired) electrons. The fourth-order valence-electron chi connectivity index (χ4n) is 2.21. The summed E-state index contributed by atoms with van der Waals surface area (Å²) in [7, 11) is 1.65. The minimum absolute atomic E-state index is 0.0226. The summed E-state index contributed by atoms with van der Waals surface area (Å²) in [4.78, 5) is 11.9. The third-order valence-electron chi connectivity index (χ3n) is 3.58. The van der Waals surface area contributed by atoms with Crippen LogP contribution in [0.2, 0.25) is 0 Å². The number of hydrogen-bond acceptors (Lipinski definition) is 3. The van der Waals surface area contributed by atoms with Crippen LogP contribution in [-0.4, -0.2) is 24.8 Å². The van der Waals surface area contributed by atoms with Crippen LogP contribution in [0.3, 0.4) is 0 Å². The molecule has 2 aromatic rings. The van der Waals surface area contributed by atoms with Crippen LogP contribution in [0, 0.1) is 0 Å². The number of hydrogen-bond donors (Lipinski definition) is 3. The number of aromatic hydroxyl groups is 1. The highest BCUT2D eigenvalue weighted by molar-refractivity contribution is 5.89. The molecule has 0 aliphatic heterocycles. The minimum atomic E-state index is -0.257. The van der Waals surface area contributed by atoms with Gasteiger partial charge in [-0.1, -0.05) is 24.3 Å². The van der Waals surface area contributed by atoms with Crippen molar-refractivity contribution in [1.82, 2.24) is 5.32 Å². The third kappa shape index (κ3) is 5.30. The Morgan fingerprint density at radius 1 is 1.22 bits per heavy atom. The van der Waals surface area contributed by atoms with Gasteiger partial charge < -0.3 is 20.5 Å². The van der Waals surface area contributed by atoms with Gasteiger partial charge in [-0.3, -0.25) is 0 Å². The van der Waals surface area contributed by atoms with Gasteiger partial charge in [-0.15, -0.1) is 0 Å². The molecule has 0 aromatic heterocycles. The van der Waals surface area contributed by atoms with Gasteiger partial charge in [0.15, 0.2) is 0 Å². The van der Waals surface area contributed by atoms with Crippen molar-refractivity contribution in [2.24, 2.45) is 0 Å². The molecule has 3 N–H and O–H groups in total. The minimum Gasteiger partial charge on any atom is -0.508 e. The molecule has 5 heteroatoms. The Bertz CT molecular complexity index is 658. The van der Waals surface area contributed by atoms with Gasteiger partial charge in [0.05, 0.1) is 6.10 Å². The van der Waals surface area contributed by atoms with Crippen molar-refractivity contribution in [3.05, 3.63) is 59.7 Å². The lowest BCUT2D eigenvalue weighted by Gasteiger charge is -2.12. The average molecular weight is 314 g/mol. The van der Waals surface area contributed by atoms with E-state index in [-0.39, 0.29) is 17.9 Å². The van der Waals surface area contributed by atoms with E-state index in [4.69, 9.17) is 4.74 Å². The maximum Gasteiger partial charge on any atom is 0.319 e. The van der Waals surface area contributed by atoms with Crippen LogP contribution in [0.25, 0.3) is 0 Å². The molecule has 5 nitrogen and oxygen atoms in total. The molecule has 0 saturated carbocycles. The normalized spacial score (nSPS) is 11.7. The summed E-state index contributed by atoms with van der Waals surface area (Å²) in [5, 5.41) is 15.0. The van der Waals surface area contributed by atoms with E-state index in [2.05, 4.69) is 10.6 Å². The highest BCUT2D eigenvalue weighted by atomic mass is 16.5. The third-order valence-corrected chi connectivity index (χ3v) is 3.58. The SMILES string of the molecule is COC(C)c1cccc(NC(=O)NCCc2cccc(O)c2)c1. The van der Waals surface area contributed by atoms with Crippen LogP contribution in [0.4, 0.5) is 10.5 Å². The van der Waals surface area contributed by atoms with Crippen LogP contribution >= 0.6 is 0 Å². The van der Waals surface area contributed by atoms with E-state index < -0.39 is 0 Å². The molecule has 0 saturated heterocycles. The number of urea groups is 1. The van der Waals surface area contributed by atoms with Gasteiger partial charge in [-0.05, 0) is 48.7 Å². The van der Waals surface area contributed by atoms with Crippen LogP contribution in [0.1, 0.15) is 24.2 Å². The number of ether oxygens (including phenoxy) is 1. The second-order valence-corrected chi connectivity index (χ2v) is 5.30. The molecule has 1 unspecified atom stereocenters. The van der Waals surface area contributed by atoms with E-state index in [0.717, 1.165) is 16.8 Å². The van der Waals surface area contributed by atoms with Gasteiger partial charge in [0.25, 0.3) is 0 Å². The predicted molar refractivity (Wildman–Crippen MR) is 90.7 cm³/mol. The molecular formula is C18H22N2O3. The second kappa shape index (κ2) is 8.19. The average Bonchev–Trinajstić information content (AvgIpc) is 2.54. The second-order valence-electron chi connectivity index (χ2n) is 5.30. The fourth-order valence-corrected chi connectivity index (χ4v) is 2.21. The first-order valence-electron chi connectivity index (χ1n) is 7.54. The van der Waals surface area contributed by atoms with E-state index in [1.165, 1.54) is 0 Å². The van der Waals surface area contributed by atoms with Gasteiger partial charge >= 0.3 is 6.03 Å². The Kier molecular flexibility index (Phi) is 6.00. The van der Waals surface area contributed by atoms with Crippen LogP contribution < -0.4 is 10.6 Å². The van der Waals surface area contributed by atoms with Crippen LogP contribution in [0.15, 0.2) is 48.5 Å². The van der Waals surface area contributed by atoms with Gasteiger partial charge in [0, 0.05) is 19.3 Å². The molecule has 23 heavy (non-hydrogen) atoms. The number of methoxy groups -OCH3 is 1. The van der Waals surface area contributed by atoms with Crippen molar-refractivity contribution < 1.29 is 14.6 Å². The molecule has 2 amide bonds. The molecule has 1 atom stereocenters. The Hall–Kier alpha value is -2.53. The summed E-state index contributed by atoms with van der Waals surface area (Å²) in [5.74, 6) is 0.232. The highest BCUT2D eigenvalue weighted by Gasteiger charge is 2.06.